The van der Waals surface area contributed by atoms with Gasteiger partial charge in [0.15, 0.2) is 6.29 Å². The Balaban J connectivity index is 1.79. The third-order valence-electron chi connectivity index (χ3n) is 7.34. The van der Waals surface area contributed by atoms with Crippen LogP contribution in [-0.4, -0.2) is 59.6 Å². The molecule has 41 heavy (non-hydrogen) atoms. The van der Waals surface area contributed by atoms with E-state index < -0.39 is 41.5 Å². The lowest BCUT2D eigenvalue weighted by Crippen LogP contribution is -2.59. The number of methoxy groups -OCH3 is 1. The molecule has 3 amide bonds. The zero-order valence-electron chi connectivity index (χ0n) is 25.0. The van der Waals surface area contributed by atoms with Gasteiger partial charge in [0.05, 0.1) is 6.04 Å². The number of amides is 3. The molecule has 4 N–H and O–H groups in total. The van der Waals surface area contributed by atoms with Crippen LogP contribution in [0.2, 0.25) is 0 Å². The van der Waals surface area contributed by atoms with Crippen molar-refractivity contribution >= 4 is 17.9 Å². The summed E-state index contributed by atoms with van der Waals surface area (Å²) < 4.78 is 10.6. The number of rotatable bonds is 13. The lowest BCUT2D eigenvalue weighted by molar-refractivity contribution is -0.136. The highest BCUT2D eigenvalue weighted by Gasteiger charge is 2.62. The van der Waals surface area contributed by atoms with Gasteiger partial charge in [0.2, 0.25) is 11.8 Å². The molecule has 1 saturated carbocycles. The summed E-state index contributed by atoms with van der Waals surface area (Å²) in [6.07, 6.45) is -0.292. The quantitative estimate of drug-likeness (QED) is 0.273. The molecule has 3 unspecified atom stereocenters. The molecule has 0 heterocycles. The van der Waals surface area contributed by atoms with Crippen LogP contribution in [0.25, 0.3) is 0 Å². The fourth-order valence-corrected chi connectivity index (χ4v) is 5.09. The van der Waals surface area contributed by atoms with Crippen molar-refractivity contribution < 1.29 is 29.0 Å². The van der Waals surface area contributed by atoms with Crippen LogP contribution < -0.4 is 16.0 Å². The second-order valence-corrected chi connectivity index (χ2v) is 12.1. The first-order valence-corrected chi connectivity index (χ1v) is 14.3. The molecule has 1 fully saturated rings. The highest BCUT2D eigenvalue weighted by Crippen LogP contribution is 2.49. The van der Waals surface area contributed by atoms with Gasteiger partial charge in [-0.2, -0.15) is 0 Å². The number of aliphatic hydroxyl groups excluding tert-OH is 1. The molecule has 0 radical (unpaired) electrons. The van der Waals surface area contributed by atoms with Crippen LogP contribution >= 0.6 is 0 Å². The number of benzene rings is 2. The molecule has 9 nitrogen and oxygen atoms in total. The fraction of sp³-hybridized carbons (Fsp3) is 0.531. The van der Waals surface area contributed by atoms with E-state index in [9.17, 15) is 19.5 Å². The molecule has 0 aliphatic heterocycles. The summed E-state index contributed by atoms with van der Waals surface area (Å²) >= 11 is 0. The fourth-order valence-electron chi connectivity index (χ4n) is 5.09. The van der Waals surface area contributed by atoms with Gasteiger partial charge in [0.25, 0.3) is 0 Å². The summed E-state index contributed by atoms with van der Waals surface area (Å²) in [6.45, 7) is 9.26. The van der Waals surface area contributed by atoms with Crippen LogP contribution in [-0.2, 0) is 31.9 Å². The average Bonchev–Trinajstić information content (AvgIpc) is 3.66. The van der Waals surface area contributed by atoms with Crippen LogP contribution in [0.1, 0.15) is 58.6 Å². The second-order valence-electron chi connectivity index (χ2n) is 12.1. The minimum atomic E-state index is -1.24. The molecule has 5 atom stereocenters. The SMILES string of the molecule is COC(O)[C@H](Cc1ccccc1)NC(=O)C1(NC(=O)[C@H](CCc2ccccc2)NC(=O)OC(C)(C)C)CC1C(C)C. The van der Waals surface area contributed by atoms with Crippen molar-refractivity contribution in [3.8, 4) is 0 Å². The number of carbonyl (C=O) groups is 3. The van der Waals surface area contributed by atoms with Crippen molar-refractivity contribution in [3.05, 3.63) is 71.8 Å². The van der Waals surface area contributed by atoms with E-state index in [1.165, 1.54) is 7.11 Å². The van der Waals surface area contributed by atoms with Crippen molar-refractivity contribution in [1.29, 1.82) is 0 Å². The Hall–Kier alpha value is -3.43. The molecule has 0 saturated heterocycles. The van der Waals surface area contributed by atoms with E-state index in [-0.39, 0.29) is 17.7 Å². The zero-order valence-corrected chi connectivity index (χ0v) is 25.0. The first-order chi connectivity index (χ1) is 19.3. The maximum Gasteiger partial charge on any atom is 0.408 e. The summed E-state index contributed by atoms with van der Waals surface area (Å²) in [4.78, 5) is 40.2. The van der Waals surface area contributed by atoms with Crippen molar-refractivity contribution in [2.24, 2.45) is 11.8 Å². The van der Waals surface area contributed by atoms with E-state index in [2.05, 4.69) is 16.0 Å². The maximum absolute atomic E-state index is 13.8. The Morgan fingerprint density at radius 3 is 2.07 bits per heavy atom. The number of aliphatic hydroxyl groups is 1. The first kappa shape index (κ1) is 32.1. The van der Waals surface area contributed by atoms with E-state index in [0.717, 1.165) is 11.1 Å². The average molecular weight is 568 g/mol. The van der Waals surface area contributed by atoms with E-state index in [1.807, 2.05) is 74.5 Å². The van der Waals surface area contributed by atoms with Gasteiger partial charge in [-0.25, -0.2) is 4.79 Å². The number of ether oxygens (including phenoxy) is 2. The topological polar surface area (TPSA) is 126 Å². The lowest BCUT2D eigenvalue weighted by Gasteiger charge is -2.29. The molecular weight excluding hydrogens is 522 g/mol. The van der Waals surface area contributed by atoms with E-state index in [4.69, 9.17) is 9.47 Å². The monoisotopic (exact) mass is 567 g/mol. The van der Waals surface area contributed by atoms with Crippen LogP contribution in [0, 0.1) is 11.8 Å². The molecule has 0 spiro atoms. The van der Waals surface area contributed by atoms with Gasteiger partial charge in [-0.05, 0) is 69.4 Å². The van der Waals surface area contributed by atoms with Gasteiger partial charge in [-0.3, -0.25) is 9.59 Å². The van der Waals surface area contributed by atoms with E-state index in [1.54, 1.807) is 20.8 Å². The Labute approximate surface area is 243 Å². The molecule has 1 aliphatic rings. The molecule has 1 aliphatic carbocycles. The van der Waals surface area contributed by atoms with Gasteiger partial charge < -0.3 is 30.5 Å². The van der Waals surface area contributed by atoms with Crippen LogP contribution in [0.5, 0.6) is 0 Å². The summed E-state index contributed by atoms with van der Waals surface area (Å²) in [5.74, 6) is -0.847. The van der Waals surface area contributed by atoms with Crippen molar-refractivity contribution in [2.45, 2.75) is 89.8 Å². The lowest BCUT2D eigenvalue weighted by atomic mass is 10.00. The number of aryl methyl sites for hydroxylation is 1. The number of hydrogen-bond acceptors (Lipinski definition) is 6. The Morgan fingerprint density at radius 1 is 0.976 bits per heavy atom. The smallest absolute Gasteiger partial charge is 0.408 e. The number of nitrogens with one attached hydrogen (secondary N) is 3. The molecule has 2 aromatic carbocycles. The molecule has 3 rings (SSSR count). The minimum absolute atomic E-state index is 0.111. The van der Waals surface area contributed by atoms with Gasteiger partial charge in [-0.1, -0.05) is 74.5 Å². The predicted molar refractivity (Wildman–Crippen MR) is 157 cm³/mol. The third-order valence-corrected chi connectivity index (χ3v) is 7.34. The summed E-state index contributed by atoms with van der Waals surface area (Å²) in [6, 6.07) is 17.5. The van der Waals surface area contributed by atoms with Crippen molar-refractivity contribution in [3.63, 3.8) is 0 Å². The highest BCUT2D eigenvalue weighted by molar-refractivity contribution is 5.97. The molecule has 0 aromatic heterocycles. The zero-order chi connectivity index (χ0) is 30.2. The molecule has 9 heteroatoms. The first-order valence-electron chi connectivity index (χ1n) is 14.3. The van der Waals surface area contributed by atoms with Crippen LogP contribution in [0.4, 0.5) is 4.79 Å². The Morgan fingerprint density at radius 2 is 1.56 bits per heavy atom. The molecular formula is C32H45N3O6. The summed E-state index contributed by atoms with van der Waals surface area (Å²) in [5, 5.41) is 19.2. The number of alkyl carbamates (subject to hydrolysis) is 1. The number of hydrogen-bond donors (Lipinski definition) is 4. The predicted octanol–water partition coefficient (Wildman–Crippen LogP) is 3.74. The van der Waals surface area contributed by atoms with Crippen molar-refractivity contribution in [2.75, 3.05) is 7.11 Å². The van der Waals surface area contributed by atoms with Gasteiger partial charge in [-0.15, -0.1) is 0 Å². The van der Waals surface area contributed by atoms with Gasteiger partial charge >= 0.3 is 6.09 Å². The molecule has 2 aromatic rings. The molecule has 224 valence electrons. The molecule has 0 bridgehead atoms. The third kappa shape index (κ3) is 9.30. The Kier molecular flexibility index (Phi) is 10.9. The van der Waals surface area contributed by atoms with E-state index >= 15 is 0 Å². The van der Waals surface area contributed by atoms with Crippen LogP contribution in [0.15, 0.2) is 60.7 Å². The maximum atomic E-state index is 13.8. The number of carbonyl (C=O) groups excluding carboxylic acids is 3. The highest BCUT2D eigenvalue weighted by atomic mass is 16.6. The van der Waals surface area contributed by atoms with Gasteiger partial charge in [0.1, 0.15) is 17.2 Å². The van der Waals surface area contributed by atoms with E-state index in [0.29, 0.717) is 25.7 Å². The Bertz CT molecular complexity index is 1150. The summed E-state index contributed by atoms with van der Waals surface area (Å²) in [7, 11) is 1.38. The second kappa shape index (κ2) is 14.0. The van der Waals surface area contributed by atoms with Crippen LogP contribution in [0.3, 0.4) is 0 Å². The van der Waals surface area contributed by atoms with Gasteiger partial charge in [0, 0.05) is 7.11 Å². The normalized spacial score (nSPS) is 20.4. The standard InChI is InChI=1S/C32H45N3O6/c1-21(2)24-20-32(24,29(38)33-26(28(37)40-6)19-23-15-11-8-12-16-23)35-27(36)25(34-30(39)41-31(3,4)5)18-17-22-13-9-7-10-14-22/h7-16,21,24-26,28,37H,17-20H2,1-6H3,(H,33,38)(H,34,39)(H,35,36)/t24?,25-,26-,28?,32?/m0/s1. The minimum Gasteiger partial charge on any atom is -0.444 e. The largest absolute Gasteiger partial charge is 0.444 e. The van der Waals surface area contributed by atoms with Crippen molar-refractivity contribution in [1.82, 2.24) is 16.0 Å². The summed E-state index contributed by atoms with van der Waals surface area (Å²) in [5.41, 5.74) is 0.0352.